The Hall–Kier alpha value is -3.78. The monoisotopic (exact) mass is 445 g/mol. The summed E-state index contributed by atoms with van der Waals surface area (Å²) < 4.78 is 6.78. The van der Waals surface area contributed by atoms with Crippen LogP contribution in [0.1, 0.15) is 17.3 Å². The molecule has 1 aliphatic rings. The van der Waals surface area contributed by atoms with E-state index in [-0.39, 0.29) is 30.4 Å². The summed E-state index contributed by atoms with van der Waals surface area (Å²) in [5, 5.41) is 0.491. The Morgan fingerprint density at radius 1 is 1.12 bits per heavy atom. The van der Waals surface area contributed by atoms with Crippen molar-refractivity contribution < 1.29 is 14.3 Å². The lowest BCUT2D eigenvalue weighted by Crippen LogP contribution is -2.38. The zero-order valence-electron chi connectivity index (χ0n) is 17.3. The Balaban J connectivity index is 1.45. The zero-order valence-corrected chi connectivity index (χ0v) is 18.1. The highest BCUT2D eigenvalue weighted by atomic mass is 32.1. The number of nitrogens with zero attached hydrogens (tertiary/aromatic N) is 3. The van der Waals surface area contributed by atoms with E-state index in [1.165, 1.54) is 22.2 Å². The quantitative estimate of drug-likeness (QED) is 0.437. The maximum Gasteiger partial charge on any atom is 0.265 e. The van der Waals surface area contributed by atoms with Gasteiger partial charge in [-0.05, 0) is 36.8 Å². The van der Waals surface area contributed by atoms with Crippen molar-refractivity contribution >= 4 is 38.9 Å². The summed E-state index contributed by atoms with van der Waals surface area (Å²) in [4.78, 5) is 45.7. The topological polar surface area (TPSA) is 81.5 Å². The lowest BCUT2D eigenvalue weighted by atomic mass is 10.1. The van der Waals surface area contributed by atoms with Crippen molar-refractivity contribution in [1.29, 1.82) is 0 Å². The van der Waals surface area contributed by atoms with Gasteiger partial charge in [-0.3, -0.25) is 19.0 Å². The number of hydrogen-bond donors (Lipinski definition) is 0. The van der Waals surface area contributed by atoms with E-state index in [1.54, 1.807) is 23.1 Å². The molecule has 0 bridgehead atoms. The van der Waals surface area contributed by atoms with E-state index < -0.39 is 0 Å². The molecule has 0 saturated heterocycles. The summed E-state index contributed by atoms with van der Waals surface area (Å²) in [6, 6.07) is 16.6. The summed E-state index contributed by atoms with van der Waals surface area (Å²) in [5.41, 5.74) is 1.74. The first-order chi connectivity index (χ1) is 15.5. The molecule has 0 unspecified atom stereocenters. The van der Waals surface area contributed by atoms with Crippen LogP contribution in [-0.4, -0.2) is 34.4 Å². The van der Waals surface area contributed by atoms with Crippen molar-refractivity contribution in [3.8, 4) is 16.2 Å². The molecule has 32 heavy (non-hydrogen) atoms. The maximum absolute atomic E-state index is 13.0. The van der Waals surface area contributed by atoms with Gasteiger partial charge >= 0.3 is 0 Å². The third kappa shape index (κ3) is 3.48. The number of carbonyl (C=O) groups excluding carboxylic acids is 2. The Labute approximate surface area is 187 Å². The summed E-state index contributed by atoms with van der Waals surface area (Å²) in [5.74, 6) is 0.167. The number of rotatable bonds is 5. The van der Waals surface area contributed by atoms with Crippen molar-refractivity contribution in [2.24, 2.45) is 0 Å². The number of ether oxygens (including phenoxy) is 1. The van der Waals surface area contributed by atoms with Gasteiger partial charge in [-0.2, -0.15) is 0 Å². The predicted molar refractivity (Wildman–Crippen MR) is 124 cm³/mol. The molecule has 8 heteroatoms. The first kappa shape index (κ1) is 20.1. The van der Waals surface area contributed by atoms with Crippen LogP contribution in [0.25, 0.3) is 20.7 Å². The Morgan fingerprint density at radius 2 is 1.94 bits per heavy atom. The fraction of sp³-hybridized carbons (Fsp3) is 0.167. The molecule has 7 nitrogen and oxygen atoms in total. The molecule has 3 heterocycles. The molecule has 2 aromatic heterocycles. The molecule has 5 rings (SSSR count). The molecule has 1 aliphatic heterocycles. The Kier molecular flexibility index (Phi) is 5.07. The number of likely N-dealkylation sites (N-methyl/N-ethyl adjacent to an activating group) is 1. The average Bonchev–Trinajstić information content (AvgIpc) is 3.26. The molecule has 4 aromatic rings. The number of benzene rings is 2. The van der Waals surface area contributed by atoms with Gasteiger partial charge in [-0.1, -0.05) is 30.3 Å². The summed E-state index contributed by atoms with van der Waals surface area (Å²) in [6.07, 6.45) is 1.41. The molecular weight excluding hydrogens is 426 g/mol. The molecule has 0 N–H and O–H groups in total. The molecule has 0 spiro atoms. The van der Waals surface area contributed by atoms with Crippen LogP contribution in [0.2, 0.25) is 0 Å². The van der Waals surface area contributed by atoms with Crippen LogP contribution in [0.3, 0.4) is 0 Å². The van der Waals surface area contributed by atoms with E-state index in [1.807, 2.05) is 43.3 Å². The standard InChI is InChI=1S/C24H19N3O4S/c1-2-27-18-10-16(8-9-20(18)31-13-22(27)29)19(28)12-26-14-25-23-17(24(26)30)11-21(32-23)15-6-4-3-5-7-15/h3-11,14H,2,12-13H2,1H3. The van der Waals surface area contributed by atoms with Gasteiger partial charge < -0.3 is 9.64 Å². The van der Waals surface area contributed by atoms with Crippen molar-refractivity contribution in [2.45, 2.75) is 13.5 Å². The summed E-state index contributed by atoms with van der Waals surface area (Å²) in [6.45, 7) is 2.19. The maximum atomic E-state index is 13.0. The lowest BCUT2D eigenvalue weighted by molar-refractivity contribution is -0.121. The number of thiophene rings is 1. The number of aromatic nitrogens is 2. The highest BCUT2D eigenvalue weighted by Crippen LogP contribution is 2.33. The fourth-order valence-corrected chi connectivity index (χ4v) is 4.78. The normalized spacial score (nSPS) is 13.2. The molecule has 0 atom stereocenters. The van der Waals surface area contributed by atoms with E-state index in [2.05, 4.69) is 4.98 Å². The van der Waals surface area contributed by atoms with Gasteiger partial charge in [-0.15, -0.1) is 11.3 Å². The van der Waals surface area contributed by atoms with Crippen molar-refractivity contribution in [2.75, 3.05) is 18.1 Å². The minimum absolute atomic E-state index is 0.0131. The molecule has 160 valence electrons. The van der Waals surface area contributed by atoms with Crippen LogP contribution in [0.15, 0.2) is 65.7 Å². The number of hydrogen-bond acceptors (Lipinski definition) is 6. The summed E-state index contributed by atoms with van der Waals surface area (Å²) in [7, 11) is 0. The smallest absolute Gasteiger partial charge is 0.265 e. The van der Waals surface area contributed by atoms with E-state index >= 15 is 0 Å². The van der Waals surface area contributed by atoms with Gasteiger partial charge in [0, 0.05) is 17.0 Å². The van der Waals surface area contributed by atoms with Crippen LogP contribution in [0.5, 0.6) is 5.75 Å². The van der Waals surface area contributed by atoms with Gasteiger partial charge in [0.25, 0.3) is 11.5 Å². The minimum Gasteiger partial charge on any atom is -0.482 e. The number of ketones is 1. The highest BCUT2D eigenvalue weighted by molar-refractivity contribution is 7.21. The molecule has 0 aliphatic carbocycles. The predicted octanol–water partition coefficient (Wildman–Crippen LogP) is 3.75. The average molecular weight is 446 g/mol. The Morgan fingerprint density at radius 3 is 2.72 bits per heavy atom. The van der Waals surface area contributed by atoms with E-state index in [4.69, 9.17) is 4.74 Å². The van der Waals surface area contributed by atoms with Crippen LogP contribution < -0.4 is 15.2 Å². The van der Waals surface area contributed by atoms with E-state index in [9.17, 15) is 14.4 Å². The van der Waals surface area contributed by atoms with Crippen LogP contribution in [0.4, 0.5) is 5.69 Å². The number of Topliss-reactive ketones (excluding diaryl/α,β-unsaturated/α-hetero) is 1. The van der Waals surface area contributed by atoms with Crippen LogP contribution >= 0.6 is 11.3 Å². The van der Waals surface area contributed by atoms with Gasteiger partial charge in [0.2, 0.25) is 0 Å². The van der Waals surface area contributed by atoms with E-state index in [0.717, 1.165) is 10.4 Å². The third-order valence-corrected chi connectivity index (χ3v) is 6.52. The van der Waals surface area contributed by atoms with Gasteiger partial charge in [0.1, 0.15) is 10.6 Å². The van der Waals surface area contributed by atoms with Gasteiger partial charge in [0.05, 0.1) is 23.9 Å². The van der Waals surface area contributed by atoms with Crippen LogP contribution in [0, 0.1) is 0 Å². The van der Waals surface area contributed by atoms with Gasteiger partial charge in [0.15, 0.2) is 12.4 Å². The number of amides is 1. The second-order valence-corrected chi connectivity index (χ2v) is 8.44. The zero-order chi connectivity index (χ0) is 22.2. The summed E-state index contributed by atoms with van der Waals surface area (Å²) >= 11 is 1.45. The number of fused-ring (bicyclic) bond motifs is 2. The first-order valence-electron chi connectivity index (χ1n) is 10.2. The minimum atomic E-state index is -0.256. The van der Waals surface area contributed by atoms with Crippen molar-refractivity contribution in [3.05, 3.63) is 76.8 Å². The highest BCUT2D eigenvalue weighted by Gasteiger charge is 2.25. The number of carbonyl (C=O) groups is 2. The Bertz CT molecular complexity index is 1410. The van der Waals surface area contributed by atoms with Crippen LogP contribution in [-0.2, 0) is 11.3 Å². The first-order valence-corrected chi connectivity index (χ1v) is 11.0. The molecular formula is C24H19N3O4S. The third-order valence-electron chi connectivity index (χ3n) is 5.43. The molecule has 0 saturated carbocycles. The van der Waals surface area contributed by atoms with E-state index in [0.29, 0.717) is 33.8 Å². The largest absolute Gasteiger partial charge is 0.482 e. The molecule has 2 aromatic carbocycles. The molecule has 0 fully saturated rings. The van der Waals surface area contributed by atoms with Gasteiger partial charge in [-0.25, -0.2) is 4.98 Å². The van der Waals surface area contributed by atoms with Crippen molar-refractivity contribution in [3.63, 3.8) is 0 Å². The van der Waals surface area contributed by atoms with Crippen molar-refractivity contribution in [1.82, 2.24) is 9.55 Å². The SMILES string of the molecule is CCN1C(=O)COc2ccc(C(=O)Cn3cnc4sc(-c5ccccc5)cc4c3=O)cc21. The molecule has 0 radical (unpaired) electrons. The lowest BCUT2D eigenvalue weighted by Gasteiger charge is -2.28. The second kappa shape index (κ2) is 8.05. The fourth-order valence-electron chi connectivity index (χ4n) is 3.79. The molecule has 1 amide bonds. The second-order valence-electron chi connectivity index (χ2n) is 7.41. The number of anilines is 1.